The van der Waals surface area contributed by atoms with E-state index >= 15 is 0 Å². The van der Waals surface area contributed by atoms with Crippen molar-refractivity contribution in [2.75, 3.05) is 0 Å². The summed E-state index contributed by atoms with van der Waals surface area (Å²) in [6.07, 6.45) is 3.57. The molecule has 0 fully saturated rings. The Hall–Kier alpha value is -1.59. The molecule has 2 nitrogen and oxygen atoms in total. The first-order chi connectivity index (χ1) is 10.1. The van der Waals surface area contributed by atoms with Gasteiger partial charge in [-0.05, 0) is 76.7 Å². The van der Waals surface area contributed by atoms with E-state index in [9.17, 15) is 4.79 Å². The molecule has 4 heteroatoms. The van der Waals surface area contributed by atoms with Crippen molar-refractivity contribution in [3.05, 3.63) is 79.9 Å². The van der Waals surface area contributed by atoms with Gasteiger partial charge in [0.2, 0.25) is 0 Å². The molecule has 0 saturated heterocycles. The van der Waals surface area contributed by atoms with Crippen molar-refractivity contribution in [2.45, 2.75) is 0 Å². The summed E-state index contributed by atoms with van der Waals surface area (Å²) in [7, 11) is 0. The number of cyclic esters (lactones) is 1. The van der Waals surface area contributed by atoms with Crippen LogP contribution in [0.4, 0.5) is 0 Å². The summed E-state index contributed by atoms with van der Waals surface area (Å²) in [5.41, 5.74) is 2.34. The second-order valence-electron chi connectivity index (χ2n) is 4.56. The van der Waals surface area contributed by atoms with Crippen LogP contribution in [0.3, 0.4) is 0 Å². The van der Waals surface area contributed by atoms with E-state index in [1.54, 1.807) is 18.2 Å². The summed E-state index contributed by atoms with van der Waals surface area (Å²) in [5.74, 6) is 0.215. The van der Waals surface area contributed by atoms with Gasteiger partial charge < -0.3 is 4.74 Å². The standard InChI is InChI=1S/C17H10ClIO2/c18-14-5-3-12(4-6-14)16-10-13(17(20)21-16)9-11-1-7-15(19)8-2-11/h1-10H/b13-9+. The third kappa shape index (κ3) is 3.36. The van der Waals surface area contributed by atoms with Crippen LogP contribution < -0.4 is 0 Å². The summed E-state index contributed by atoms with van der Waals surface area (Å²) in [4.78, 5) is 11.9. The molecule has 1 heterocycles. The molecule has 0 atom stereocenters. The predicted molar refractivity (Wildman–Crippen MR) is 92.7 cm³/mol. The highest BCUT2D eigenvalue weighted by atomic mass is 127. The fraction of sp³-hybridized carbons (Fsp3) is 0. The van der Waals surface area contributed by atoms with Gasteiger partial charge in [0.15, 0.2) is 0 Å². The molecule has 3 rings (SSSR count). The van der Waals surface area contributed by atoms with E-state index in [4.69, 9.17) is 16.3 Å². The van der Waals surface area contributed by atoms with Crippen LogP contribution in [0.2, 0.25) is 5.02 Å². The quantitative estimate of drug-likeness (QED) is 0.400. The lowest BCUT2D eigenvalue weighted by atomic mass is 10.1. The van der Waals surface area contributed by atoms with Crippen molar-refractivity contribution in [3.63, 3.8) is 0 Å². The van der Waals surface area contributed by atoms with E-state index in [0.717, 1.165) is 14.7 Å². The molecule has 0 radical (unpaired) electrons. The Morgan fingerprint density at radius 3 is 2.33 bits per heavy atom. The van der Waals surface area contributed by atoms with Crippen LogP contribution in [-0.4, -0.2) is 5.97 Å². The van der Waals surface area contributed by atoms with Gasteiger partial charge >= 0.3 is 5.97 Å². The maximum absolute atomic E-state index is 11.9. The van der Waals surface area contributed by atoms with E-state index in [0.29, 0.717) is 16.4 Å². The Labute approximate surface area is 141 Å². The zero-order chi connectivity index (χ0) is 14.8. The van der Waals surface area contributed by atoms with Crippen LogP contribution in [0, 0.1) is 3.57 Å². The van der Waals surface area contributed by atoms with Gasteiger partial charge in [-0.15, -0.1) is 0 Å². The van der Waals surface area contributed by atoms with Gasteiger partial charge in [0, 0.05) is 14.2 Å². The average molecular weight is 409 g/mol. The summed E-state index contributed by atoms with van der Waals surface area (Å²) >= 11 is 8.10. The average Bonchev–Trinajstić information content (AvgIpc) is 2.83. The molecule has 0 aromatic heterocycles. The summed E-state index contributed by atoms with van der Waals surface area (Å²) in [6.45, 7) is 0. The highest BCUT2D eigenvalue weighted by Crippen LogP contribution is 2.28. The fourth-order valence-corrected chi connectivity index (χ4v) is 2.47. The number of carbonyl (C=O) groups excluding carboxylic acids is 1. The predicted octanol–water partition coefficient (Wildman–Crippen LogP) is 4.93. The van der Waals surface area contributed by atoms with Crippen LogP contribution in [0.15, 0.2) is 60.2 Å². The summed E-state index contributed by atoms with van der Waals surface area (Å²) in [5, 5.41) is 0.651. The maximum Gasteiger partial charge on any atom is 0.343 e. The third-order valence-electron chi connectivity index (χ3n) is 3.05. The molecule has 0 amide bonds. The topological polar surface area (TPSA) is 26.3 Å². The Bertz CT molecular complexity index is 743. The van der Waals surface area contributed by atoms with Crippen LogP contribution in [0.1, 0.15) is 11.1 Å². The first kappa shape index (κ1) is 14.4. The minimum absolute atomic E-state index is 0.335. The second-order valence-corrected chi connectivity index (χ2v) is 6.24. The van der Waals surface area contributed by atoms with E-state index < -0.39 is 0 Å². The number of carbonyl (C=O) groups is 1. The lowest BCUT2D eigenvalue weighted by molar-refractivity contribution is -0.130. The van der Waals surface area contributed by atoms with Crippen LogP contribution >= 0.6 is 34.2 Å². The van der Waals surface area contributed by atoms with Gasteiger partial charge in [-0.3, -0.25) is 0 Å². The summed E-state index contributed by atoms with van der Waals surface area (Å²) in [6, 6.07) is 15.1. The molecule has 0 saturated carbocycles. The highest BCUT2D eigenvalue weighted by molar-refractivity contribution is 14.1. The molecule has 0 bridgehead atoms. The SMILES string of the molecule is O=C1OC(c2ccc(Cl)cc2)=C/C1=C\c1ccc(I)cc1. The van der Waals surface area contributed by atoms with E-state index in [1.807, 2.05) is 42.5 Å². The Morgan fingerprint density at radius 1 is 1.00 bits per heavy atom. The smallest absolute Gasteiger partial charge is 0.343 e. The number of ether oxygens (including phenoxy) is 1. The van der Waals surface area contributed by atoms with Crippen molar-refractivity contribution >= 4 is 52.0 Å². The Kier molecular flexibility index (Phi) is 4.12. The van der Waals surface area contributed by atoms with Gasteiger partial charge in [0.05, 0.1) is 5.57 Å². The first-order valence-electron chi connectivity index (χ1n) is 6.29. The van der Waals surface area contributed by atoms with Gasteiger partial charge in [0.1, 0.15) is 5.76 Å². The van der Waals surface area contributed by atoms with E-state index in [1.165, 1.54) is 0 Å². The number of esters is 1. The number of halogens is 2. The molecular weight excluding hydrogens is 399 g/mol. The molecule has 1 aliphatic heterocycles. The first-order valence-corrected chi connectivity index (χ1v) is 7.74. The zero-order valence-corrected chi connectivity index (χ0v) is 13.8. The fourth-order valence-electron chi connectivity index (χ4n) is 1.98. The van der Waals surface area contributed by atoms with Crippen LogP contribution in [0.5, 0.6) is 0 Å². The Morgan fingerprint density at radius 2 is 1.67 bits per heavy atom. The number of hydrogen-bond acceptors (Lipinski definition) is 2. The molecule has 0 unspecified atom stereocenters. The lowest BCUT2D eigenvalue weighted by Crippen LogP contribution is -1.97. The van der Waals surface area contributed by atoms with Crippen LogP contribution in [-0.2, 0) is 9.53 Å². The van der Waals surface area contributed by atoms with E-state index in [-0.39, 0.29) is 5.97 Å². The lowest BCUT2D eigenvalue weighted by Gasteiger charge is -2.01. The molecule has 0 spiro atoms. The van der Waals surface area contributed by atoms with E-state index in [2.05, 4.69) is 22.6 Å². The third-order valence-corrected chi connectivity index (χ3v) is 4.02. The highest BCUT2D eigenvalue weighted by Gasteiger charge is 2.21. The molecule has 104 valence electrons. The van der Waals surface area contributed by atoms with Crippen molar-refractivity contribution in [2.24, 2.45) is 0 Å². The molecular formula is C17H10ClIO2. The van der Waals surface area contributed by atoms with Gasteiger partial charge in [-0.2, -0.15) is 0 Å². The zero-order valence-electron chi connectivity index (χ0n) is 10.8. The molecule has 2 aromatic rings. The van der Waals surface area contributed by atoms with Gasteiger partial charge in [-0.1, -0.05) is 23.7 Å². The van der Waals surface area contributed by atoms with Gasteiger partial charge in [0.25, 0.3) is 0 Å². The minimum Gasteiger partial charge on any atom is -0.422 e. The van der Waals surface area contributed by atoms with Crippen molar-refractivity contribution in [1.29, 1.82) is 0 Å². The largest absolute Gasteiger partial charge is 0.422 e. The summed E-state index contributed by atoms with van der Waals surface area (Å²) < 4.78 is 6.46. The van der Waals surface area contributed by atoms with Crippen molar-refractivity contribution < 1.29 is 9.53 Å². The maximum atomic E-state index is 11.9. The molecule has 0 N–H and O–H groups in total. The molecule has 1 aliphatic rings. The molecule has 21 heavy (non-hydrogen) atoms. The number of hydrogen-bond donors (Lipinski definition) is 0. The van der Waals surface area contributed by atoms with Crippen LogP contribution in [0.25, 0.3) is 11.8 Å². The minimum atomic E-state index is -0.335. The normalized spacial score (nSPS) is 16.0. The van der Waals surface area contributed by atoms with Crippen molar-refractivity contribution in [1.82, 2.24) is 0 Å². The second kappa shape index (κ2) is 6.03. The number of benzene rings is 2. The molecule has 0 aliphatic carbocycles. The number of rotatable bonds is 2. The monoisotopic (exact) mass is 408 g/mol. The Balaban J connectivity index is 1.91. The molecule has 2 aromatic carbocycles. The van der Waals surface area contributed by atoms with Gasteiger partial charge in [-0.25, -0.2) is 4.79 Å². The van der Waals surface area contributed by atoms with Crippen molar-refractivity contribution in [3.8, 4) is 0 Å².